The Hall–Kier alpha value is -1.10. The molecule has 4 bridgehead atoms. The number of likely N-dealkylation sites (tertiary alicyclic amines) is 1. The molecule has 5 fully saturated rings. The minimum atomic E-state index is -0.408. The Morgan fingerprint density at radius 2 is 1.81 bits per heavy atom. The van der Waals surface area contributed by atoms with Crippen LogP contribution in [0, 0.1) is 29.1 Å². The van der Waals surface area contributed by atoms with Gasteiger partial charge in [0.05, 0.1) is 6.04 Å². The van der Waals surface area contributed by atoms with Crippen LogP contribution in [0.2, 0.25) is 0 Å². The molecule has 2 amide bonds. The fraction of sp³-hybridized carbons (Fsp3) is 0.905. The van der Waals surface area contributed by atoms with Crippen molar-refractivity contribution in [3.05, 3.63) is 0 Å². The Morgan fingerprint density at radius 3 is 2.35 bits per heavy atom. The van der Waals surface area contributed by atoms with Crippen molar-refractivity contribution in [3.63, 3.8) is 0 Å². The molecular formula is C21H35N3O2. The molecule has 5 nitrogen and oxygen atoms in total. The van der Waals surface area contributed by atoms with E-state index in [0.717, 1.165) is 51.6 Å². The summed E-state index contributed by atoms with van der Waals surface area (Å²) in [5, 5.41) is 3.40. The van der Waals surface area contributed by atoms with Gasteiger partial charge in [-0.05, 0) is 68.1 Å². The molecule has 3 unspecified atom stereocenters. The van der Waals surface area contributed by atoms with Gasteiger partial charge in [0, 0.05) is 24.5 Å². The number of amides is 2. The van der Waals surface area contributed by atoms with E-state index in [0.29, 0.717) is 17.8 Å². The average Bonchev–Trinajstić information content (AvgIpc) is 2.98. The van der Waals surface area contributed by atoms with Crippen molar-refractivity contribution < 1.29 is 9.59 Å². The predicted molar refractivity (Wildman–Crippen MR) is 101 cm³/mol. The maximum atomic E-state index is 13.2. The SMILES string of the molecule is CC1CCN(C(=O)[C@@H](N)C23CC4CC(CC(NC(=O)C(C)C)(C4)C2)C3)C1. The van der Waals surface area contributed by atoms with Gasteiger partial charge in [-0.1, -0.05) is 20.8 Å². The maximum absolute atomic E-state index is 13.2. The Morgan fingerprint density at radius 1 is 1.15 bits per heavy atom. The number of hydrogen-bond donors (Lipinski definition) is 2. The fourth-order valence-corrected chi connectivity index (χ4v) is 6.84. The van der Waals surface area contributed by atoms with Crippen LogP contribution in [0.1, 0.15) is 65.7 Å². The number of carbonyl (C=O) groups is 2. The van der Waals surface area contributed by atoms with Crippen molar-refractivity contribution in [1.82, 2.24) is 10.2 Å². The zero-order valence-electron chi connectivity index (χ0n) is 16.6. The molecule has 5 aliphatic rings. The summed E-state index contributed by atoms with van der Waals surface area (Å²) in [6, 6.07) is -0.408. The molecule has 5 heteroatoms. The van der Waals surface area contributed by atoms with Crippen LogP contribution in [0.5, 0.6) is 0 Å². The Bertz CT molecular complexity index is 588. The van der Waals surface area contributed by atoms with Crippen molar-refractivity contribution >= 4 is 11.8 Å². The van der Waals surface area contributed by atoms with Crippen LogP contribution in [0.4, 0.5) is 0 Å². The van der Waals surface area contributed by atoms with Gasteiger partial charge in [0.2, 0.25) is 11.8 Å². The molecule has 0 aromatic carbocycles. The molecule has 0 aromatic heterocycles. The minimum Gasteiger partial charge on any atom is -0.350 e. The Labute approximate surface area is 157 Å². The molecule has 26 heavy (non-hydrogen) atoms. The topological polar surface area (TPSA) is 75.4 Å². The van der Waals surface area contributed by atoms with Crippen molar-refractivity contribution in [2.75, 3.05) is 13.1 Å². The zero-order chi connectivity index (χ0) is 18.7. The van der Waals surface area contributed by atoms with E-state index in [-0.39, 0.29) is 28.7 Å². The van der Waals surface area contributed by atoms with E-state index in [9.17, 15) is 9.59 Å². The molecule has 0 radical (unpaired) electrons. The first-order valence-corrected chi connectivity index (χ1v) is 10.6. The number of nitrogens with two attached hydrogens (primary N) is 1. The highest BCUT2D eigenvalue weighted by molar-refractivity contribution is 5.83. The standard InChI is InChI=1S/C21H35N3O2/c1-13(2)18(25)23-21-9-15-6-16(10-21)8-20(7-15,12-21)17(22)19(26)24-5-4-14(3)11-24/h13-17H,4-12,22H2,1-3H3,(H,23,25)/t14?,15?,16?,17-,20?,21?/m1/s1. The highest BCUT2D eigenvalue weighted by Gasteiger charge is 2.61. The first kappa shape index (κ1) is 18.3. The molecule has 4 atom stereocenters. The average molecular weight is 362 g/mol. The van der Waals surface area contributed by atoms with Crippen molar-refractivity contribution in [3.8, 4) is 0 Å². The molecule has 1 saturated heterocycles. The van der Waals surface area contributed by atoms with Crippen LogP contribution >= 0.6 is 0 Å². The lowest BCUT2D eigenvalue weighted by Crippen LogP contribution is -2.68. The normalized spacial score (nSPS) is 42.3. The van der Waals surface area contributed by atoms with E-state index < -0.39 is 6.04 Å². The van der Waals surface area contributed by atoms with Gasteiger partial charge in [0.1, 0.15) is 0 Å². The van der Waals surface area contributed by atoms with Crippen molar-refractivity contribution in [1.29, 1.82) is 0 Å². The highest BCUT2D eigenvalue weighted by atomic mass is 16.2. The molecule has 4 aliphatic carbocycles. The predicted octanol–water partition coefficient (Wildman–Crippen LogP) is 2.29. The molecular weight excluding hydrogens is 326 g/mol. The molecule has 0 spiro atoms. The number of hydrogen-bond acceptors (Lipinski definition) is 3. The van der Waals surface area contributed by atoms with E-state index in [1.807, 2.05) is 18.7 Å². The second kappa shape index (κ2) is 6.22. The van der Waals surface area contributed by atoms with Gasteiger partial charge in [-0.25, -0.2) is 0 Å². The largest absolute Gasteiger partial charge is 0.350 e. The van der Waals surface area contributed by atoms with E-state index in [2.05, 4.69) is 12.2 Å². The third kappa shape index (κ3) is 2.96. The van der Waals surface area contributed by atoms with Crippen LogP contribution < -0.4 is 11.1 Å². The first-order valence-electron chi connectivity index (χ1n) is 10.6. The monoisotopic (exact) mass is 361 g/mol. The van der Waals surface area contributed by atoms with Gasteiger partial charge in [-0.2, -0.15) is 0 Å². The highest BCUT2D eigenvalue weighted by Crippen LogP contribution is 2.62. The molecule has 1 heterocycles. The van der Waals surface area contributed by atoms with E-state index >= 15 is 0 Å². The summed E-state index contributed by atoms with van der Waals surface area (Å²) in [5.41, 5.74) is 6.45. The van der Waals surface area contributed by atoms with Gasteiger partial charge < -0.3 is 16.0 Å². The summed E-state index contributed by atoms with van der Waals surface area (Å²) in [5.74, 6) is 2.11. The minimum absolute atomic E-state index is 0.000322. The molecule has 146 valence electrons. The summed E-state index contributed by atoms with van der Waals surface area (Å²) in [7, 11) is 0. The number of nitrogens with one attached hydrogen (secondary N) is 1. The maximum Gasteiger partial charge on any atom is 0.240 e. The van der Waals surface area contributed by atoms with Crippen LogP contribution in [-0.2, 0) is 9.59 Å². The first-order chi connectivity index (χ1) is 12.2. The Kier molecular flexibility index (Phi) is 4.37. The summed E-state index contributed by atoms with van der Waals surface area (Å²) in [6.07, 6.45) is 7.52. The van der Waals surface area contributed by atoms with Crippen LogP contribution in [0.3, 0.4) is 0 Å². The third-order valence-electron chi connectivity index (χ3n) is 7.68. The quantitative estimate of drug-likeness (QED) is 0.807. The van der Waals surface area contributed by atoms with Gasteiger partial charge in [0.25, 0.3) is 0 Å². The molecule has 1 aliphatic heterocycles. The summed E-state index contributed by atoms with van der Waals surface area (Å²) >= 11 is 0. The second-order valence-corrected chi connectivity index (χ2v) is 10.4. The summed E-state index contributed by atoms with van der Waals surface area (Å²) in [6.45, 7) is 7.82. The molecule has 4 saturated carbocycles. The van der Waals surface area contributed by atoms with Gasteiger partial charge in [-0.3, -0.25) is 9.59 Å². The van der Waals surface area contributed by atoms with Crippen LogP contribution in [-0.4, -0.2) is 41.4 Å². The van der Waals surface area contributed by atoms with E-state index in [4.69, 9.17) is 5.73 Å². The lowest BCUT2D eigenvalue weighted by molar-refractivity contribution is -0.148. The number of nitrogens with zero attached hydrogens (tertiary/aromatic N) is 1. The van der Waals surface area contributed by atoms with Gasteiger partial charge >= 0.3 is 0 Å². The molecule has 3 N–H and O–H groups in total. The van der Waals surface area contributed by atoms with Crippen molar-refractivity contribution in [2.24, 2.45) is 34.8 Å². The third-order valence-corrected chi connectivity index (χ3v) is 7.68. The lowest BCUT2D eigenvalue weighted by atomic mass is 9.45. The van der Waals surface area contributed by atoms with Crippen molar-refractivity contribution in [2.45, 2.75) is 77.3 Å². The smallest absolute Gasteiger partial charge is 0.240 e. The van der Waals surface area contributed by atoms with E-state index in [1.165, 1.54) is 6.42 Å². The van der Waals surface area contributed by atoms with Crippen LogP contribution in [0.25, 0.3) is 0 Å². The van der Waals surface area contributed by atoms with E-state index in [1.54, 1.807) is 0 Å². The fourth-order valence-electron chi connectivity index (χ4n) is 6.84. The zero-order valence-corrected chi connectivity index (χ0v) is 16.6. The number of rotatable bonds is 4. The molecule has 5 rings (SSSR count). The molecule has 0 aromatic rings. The lowest BCUT2D eigenvalue weighted by Gasteiger charge is -2.63. The summed E-state index contributed by atoms with van der Waals surface area (Å²) in [4.78, 5) is 27.6. The summed E-state index contributed by atoms with van der Waals surface area (Å²) < 4.78 is 0. The van der Waals surface area contributed by atoms with Crippen LogP contribution in [0.15, 0.2) is 0 Å². The van der Waals surface area contributed by atoms with Gasteiger partial charge in [0.15, 0.2) is 0 Å². The van der Waals surface area contributed by atoms with Gasteiger partial charge in [-0.15, -0.1) is 0 Å². The second-order valence-electron chi connectivity index (χ2n) is 10.4. The Balaban J connectivity index is 1.56. The number of carbonyl (C=O) groups excluding carboxylic acids is 2.